The van der Waals surface area contributed by atoms with Crippen molar-refractivity contribution in [2.75, 3.05) is 224 Å². The van der Waals surface area contributed by atoms with Gasteiger partial charge in [-0.05, 0) is 12.8 Å². The van der Waals surface area contributed by atoms with Crippen LogP contribution in [0.25, 0.3) is 0 Å². The highest BCUT2D eigenvalue weighted by Gasteiger charge is 2.35. The Morgan fingerprint density at radius 1 is 0.429 bits per heavy atom. The van der Waals surface area contributed by atoms with Gasteiger partial charge in [0.25, 0.3) is 0 Å². The van der Waals surface area contributed by atoms with Gasteiger partial charge in [-0.1, -0.05) is 13.8 Å². The molecular weight excluding hydrogens is 929 g/mol. The summed E-state index contributed by atoms with van der Waals surface area (Å²) < 4.78 is 50.6. The van der Waals surface area contributed by atoms with E-state index in [1.54, 1.807) is 14.7 Å². The summed E-state index contributed by atoms with van der Waals surface area (Å²) in [5, 5.41) is 106. The van der Waals surface area contributed by atoms with Crippen LogP contribution in [0.4, 0.5) is 0 Å². The number of nitrogens with one attached hydrogen (secondary N) is 1. The Morgan fingerprint density at radius 3 is 0.871 bits per heavy atom. The van der Waals surface area contributed by atoms with Crippen LogP contribution in [0.2, 0.25) is 0 Å². The van der Waals surface area contributed by atoms with Crippen molar-refractivity contribution in [1.29, 1.82) is 0 Å². The molecule has 3 aliphatic rings. The van der Waals surface area contributed by atoms with Gasteiger partial charge in [-0.25, -0.2) is 0 Å². The van der Waals surface area contributed by atoms with E-state index >= 15 is 0 Å². The monoisotopic (exact) mass is 1020 g/mol. The molecule has 3 fully saturated rings. The van der Waals surface area contributed by atoms with E-state index in [1.807, 2.05) is 6.92 Å². The second-order valence-electron chi connectivity index (χ2n) is 18.1. The zero-order valence-electron chi connectivity index (χ0n) is 42.4. The molecule has 0 aromatic carbocycles. The van der Waals surface area contributed by atoms with E-state index in [1.165, 1.54) is 0 Å². The summed E-state index contributed by atoms with van der Waals surface area (Å²) in [6.45, 7) is 14.2. The van der Waals surface area contributed by atoms with Crippen LogP contribution in [-0.4, -0.2) is 331 Å². The van der Waals surface area contributed by atoms with Crippen LogP contribution in [0.1, 0.15) is 26.7 Å². The van der Waals surface area contributed by atoms with Crippen LogP contribution in [0, 0.1) is 10.8 Å². The van der Waals surface area contributed by atoms with E-state index in [-0.39, 0.29) is 118 Å². The summed E-state index contributed by atoms with van der Waals surface area (Å²) in [6.07, 6.45) is -0.208. The van der Waals surface area contributed by atoms with Crippen molar-refractivity contribution in [3.63, 3.8) is 0 Å². The van der Waals surface area contributed by atoms with Crippen LogP contribution in [0.5, 0.6) is 0 Å². The molecule has 3 rings (SSSR count). The Morgan fingerprint density at radius 2 is 0.671 bits per heavy atom. The minimum atomic E-state index is -0.865. The number of ether oxygens (including phenoxy) is 9. The summed E-state index contributed by atoms with van der Waals surface area (Å²) in [5.41, 5.74) is -0.778. The van der Waals surface area contributed by atoms with Gasteiger partial charge in [0.1, 0.15) is 18.3 Å². The van der Waals surface area contributed by atoms with Crippen LogP contribution >= 0.6 is 0 Å². The zero-order valence-corrected chi connectivity index (χ0v) is 42.4. The van der Waals surface area contributed by atoms with Gasteiger partial charge in [-0.2, -0.15) is 0 Å². The highest BCUT2D eigenvalue weighted by atomic mass is 16.6. The number of nitrogens with zero attached hydrogens (tertiary/aromatic N) is 3. The first-order valence-corrected chi connectivity index (χ1v) is 25.0. The number of aliphatic hydroxyl groups is 11. The highest BCUT2D eigenvalue weighted by molar-refractivity contribution is 4.82. The normalized spacial score (nSPS) is 20.3. The summed E-state index contributed by atoms with van der Waals surface area (Å²) in [5.74, 6) is 0. The Hall–Kier alpha value is -0.960. The quantitative estimate of drug-likeness (QED) is 0.0200. The number of hydrogen-bond acceptors (Lipinski definition) is 24. The lowest BCUT2D eigenvalue weighted by Gasteiger charge is -2.34. The van der Waals surface area contributed by atoms with Crippen LogP contribution in [-0.2, 0) is 42.6 Å². The molecule has 70 heavy (non-hydrogen) atoms. The number of rotatable bonds is 48. The zero-order chi connectivity index (χ0) is 51.7. The summed E-state index contributed by atoms with van der Waals surface area (Å²) in [4.78, 5) is 5.18. The van der Waals surface area contributed by atoms with Gasteiger partial charge in [-0.15, -0.1) is 0 Å². The van der Waals surface area contributed by atoms with Gasteiger partial charge in [0, 0.05) is 82.8 Å². The Kier molecular flexibility index (Phi) is 41.5. The lowest BCUT2D eigenvalue weighted by molar-refractivity contribution is -0.104. The molecule has 6 atom stereocenters. The van der Waals surface area contributed by atoms with Gasteiger partial charge in [-0.3, -0.25) is 14.7 Å². The molecule has 3 saturated heterocycles. The molecule has 0 spiro atoms. The molecule has 6 unspecified atom stereocenters. The fourth-order valence-corrected chi connectivity index (χ4v) is 6.88. The summed E-state index contributed by atoms with van der Waals surface area (Å²) in [7, 11) is 0. The average molecular weight is 1030 g/mol. The first-order valence-electron chi connectivity index (χ1n) is 25.0. The molecule has 0 aromatic heterocycles. The molecule has 0 amide bonds. The third-order valence-corrected chi connectivity index (χ3v) is 11.5. The number of epoxide rings is 3. The van der Waals surface area contributed by atoms with Crippen molar-refractivity contribution in [2.24, 2.45) is 10.8 Å². The predicted octanol–water partition coefficient (Wildman–Crippen LogP) is -5.44. The second-order valence-corrected chi connectivity index (χ2v) is 18.1. The molecule has 0 bridgehead atoms. The van der Waals surface area contributed by atoms with Crippen LogP contribution in [0.3, 0.4) is 0 Å². The Labute approximate surface area is 416 Å². The van der Waals surface area contributed by atoms with Crippen molar-refractivity contribution in [2.45, 2.75) is 63.3 Å². The van der Waals surface area contributed by atoms with Gasteiger partial charge in [0.05, 0.1) is 170 Å². The molecule has 3 heterocycles. The van der Waals surface area contributed by atoms with Gasteiger partial charge in [0.2, 0.25) is 0 Å². The molecule has 12 N–H and O–H groups in total. The average Bonchev–Trinajstić information content (AvgIpc) is 4.18. The maximum absolute atomic E-state index is 10.4. The molecule has 420 valence electrons. The van der Waals surface area contributed by atoms with Crippen LogP contribution < -0.4 is 5.32 Å². The van der Waals surface area contributed by atoms with Crippen molar-refractivity contribution in [3.8, 4) is 0 Å². The van der Waals surface area contributed by atoms with Gasteiger partial charge < -0.3 is 104 Å². The Balaban J connectivity index is 0.000000710. The van der Waals surface area contributed by atoms with E-state index < -0.39 is 23.7 Å². The molecule has 24 heteroatoms. The maximum atomic E-state index is 10.4. The fourth-order valence-electron chi connectivity index (χ4n) is 6.88. The third-order valence-electron chi connectivity index (χ3n) is 11.5. The molecule has 0 aromatic rings. The van der Waals surface area contributed by atoms with Crippen molar-refractivity contribution >= 4 is 0 Å². The molecule has 0 saturated carbocycles. The smallest absolute Gasteiger partial charge is 0.104 e. The largest absolute Gasteiger partial charge is 0.395 e. The van der Waals surface area contributed by atoms with Crippen molar-refractivity contribution in [3.05, 3.63) is 0 Å². The van der Waals surface area contributed by atoms with E-state index in [4.69, 9.17) is 52.8 Å². The molecule has 0 aliphatic carbocycles. The van der Waals surface area contributed by atoms with Crippen molar-refractivity contribution < 1.29 is 98.8 Å². The van der Waals surface area contributed by atoms with Gasteiger partial charge in [0.15, 0.2) is 0 Å². The SMILES string of the molecule is CCC(COCC(O)CN(CCO)CCO)(COCC(O)CN(CCO)CCO)COCC(O)CN(CCO)CCO.CCC(COCC1CO1)(COCC1CO1)COCC1CO1.OCCNCCO. The summed E-state index contributed by atoms with van der Waals surface area (Å²) >= 11 is 0. The Bertz CT molecular complexity index is 1010. The third kappa shape index (κ3) is 36.1. The lowest BCUT2D eigenvalue weighted by Crippen LogP contribution is -2.43. The first kappa shape index (κ1) is 67.1. The van der Waals surface area contributed by atoms with E-state index in [9.17, 15) is 46.0 Å². The second kappa shape index (κ2) is 43.3. The topological polar surface area (TPSA) is 337 Å². The first-order chi connectivity index (χ1) is 33.9. The molecule has 24 nitrogen and oxygen atoms in total. The van der Waals surface area contributed by atoms with Gasteiger partial charge >= 0.3 is 0 Å². The minimum absolute atomic E-state index is 0.00504. The highest BCUT2D eigenvalue weighted by Crippen LogP contribution is 2.27. The predicted molar refractivity (Wildman–Crippen MR) is 256 cm³/mol. The number of hydrogen-bond donors (Lipinski definition) is 12. The molecular formula is C46H96N4O20. The lowest BCUT2D eigenvalue weighted by atomic mass is 9.88. The van der Waals surface area contributed by atoms with Crippen molar-refractivity contribution in [1.82, 2.24) is 20.0 Å². The van der Waals surface area contributed by atoms with E-state index in [2.05, 4.69) is 12.2 Å². The maximum Gasteiger partial charge on any atom is 0.104 e. The van der Waals surface area contributed by atoms with Crippen LogP contribution in [0.15, 0.2) is 0 Å². The number of aliphatic hydroxyl groups excluding tert-OH is 11. The standard InChI is InChI=1S/C27H59N3O12.C15H26O6.C4H11NO2/c1-2-27(21-40-18-24(37)15-28(3-9-31)4-10-32,22-41-19-25(38)16-29(5-11-33)6-12-34)23-42-20-26(39)17-30(7-13-35)8-14-36;1-2-15(9-16-3-12-6-19-12,10-17-4-13-7-20-13)11-18-5-14-8-21-14;6-3-1-5-2-4-7/h24-26,31-39H,2-23H2,1H3;12-14H,2-11H2,1H3;5-7H,1-4H2. The fraction of sp³-hybridized carbons (Fsp3) is 1.00. The molecule has 3 aliphatic heterocycles. The van der Waals surface area contributed by atoms with E-state index in [0.717, 1.165) is 26.2 Å². The molecule has 0 radical (unpaired) electrons. The van der Waals surface area contributed by atoms with E-state index in [0.29, 0.717) is 117 Å². The summed E-state index contributed by atoms with van der Waals surface area (Å²) in [6, 6.07) is 0. The minimum Gasteiger partial charge on any atom is -0.395 e.